The third-order valence-electron chi connectivity index (χ3n) is 5.19. The molecule has 120 valence electrons. The second kappa shape index (κ2) is 5.34. The summed E-state index contributed by atoms with van der Waals surface area (Å²) in [5, 5.41) is 8.37. The second-order valence-corrected chi connectivity index (χ2v) is 7.05. The highest BCUT2D eigenvalue weighted by Crippen LogP contribution is 2.44. The summed E-state index contributed by atoms with van der Waals surface area (Å²) in [5.74, 6) is 1.58. The normalized spacial score (nSPS) is 21.7. The van der Waals surface area contributed by atoms with Crippen molar-refractivity contribution in [2.24, 2.45) is 0 Å². The second-order valence-electron chi connectivity index (χ2n) is 7.05. The van der Waals surface area contributed by atoms with Crippen molar-refractivity contribution in [1.29, 1.82) is 0 Å². The van der Waals surface area contributed by atoms with Crippen molar-refractivity contribution in [2.75, 3.05) is 18.5 Å². The first-order chi connectivity index (χ1) is 11.4. The van der Waals surface area contributed by atoms with E-state index in [9.17, 15) is 0 Å². The van der Waals surface area contributed by atoms with E-state index in [1.165, 1.54) is 43.4 Å². The summed E-state index contributed by atoms with van der Waals surface area (Å²) < 4.78 is 7.43. The van der Waals surface area contributed by atoms with Crippen molar-refractivity contribution in [3.05, 3.63) is 30.1 Å². The van der Waals surface area contributed by atoms with Gasteiger partial charge in [0.15, 0.2) is 0 Å². The van der Waals surface area contributed by atoms with Gasteiger partial charge < -0.3 is 10.1 Å². The molecule has 0 spiro atoms. The minimum Gasteiger partial charge on any atom is -0.377 e. The number of nitrogens with one attached hydrogen (secondary N) is 1. The van der Waals surface area contributed by atoms with Crippen LogP contribution in [0, 0.1) is 0 Å². The van der Waals surface area contributed by atoms with Crippen molar-refractivity contribution < 1.29 is 4.74 Å². The molecule has 0 radical (unpaired) electrons. The van der Waals surface area contributed by atoms with Crippen LogP contribution in [-0.4, -0.2) is 34.0 Å². The Labute approximate surface area is 136 Å². The van der Waals surface area contributed by atoms with Crippen LogP contribution >= 0.6 is 0 Å². The summed E-state index contributed by atoms with van der Waals surface area (Å²) in [6, 6.07) is 7.24. The molecule has 1 N–H and O–H groups in total. The van der Waals surface area contributed by atoms with Crippen LogP contribution in [0.5, 0.6) is 0 Å². The van der Waals surface area contributed by atoms with Crippen molar-refractivity contribution in [3.8, 4) is 11.3 Å². The van der Waals surface area contributed by atoms with Gasteiger partial charge in [0.25, 0.3) is 0 Å². The third kappa shape index (κ3) is 2.53. The van der Waals surface area contributed by atoms with Gasteiger partial charge in [-0.3, -0.25) is 4.68 Å². The standard InChI is InChI=1S/C18H22N4O/c1-3-14(4-1)22-9-15(18(21-22)12-7-8-12)16-5-2-6-17(20-16)19-13-10-23-11-13/h2,5-6,9,12-14H,1,3-4,7-8,10-11H2,(H,19,20). The van der Waals surface area contributed by atoms with Crippen LogP contribution in [0.25, 0.3) is 11.3 Å². The molecule has 0 aromatic carbocycles. The van der Waals surface area contributed by atoms with E-state index in [1.54, 1.807) is 0 Å². The molecule has 2 saturated carbocycles. The summed E-state index contributed by atoms with van der Waals surface area (Å²) in [7, 11) is 0. The van der Waals surface area contributed by atoms with Gasteiger partial charge in [0.05, 0.1) is 36.7 Å². The Hall–Kier alpha value is -1.88. The molecule has 3 heterocycles. The lowest BCUT2D eigenvalue weighted by atomic mass is 9.93. The van der Waals surface area contributed by atoms with Crippen molar-refractivity contribution in [3.63, 3.8) is 0 Å². The number of ether oxygens (including phenoxy) is 1. The first-order valence-electron chi connectivity index (χ1n) is 8.77. The maximum absolute atomic E-state index is 5.23. The van der Waals surface area contributed by atoms with E-state index in [0.717, 1.165) is 24.7 Å². The minimum atomic E-state index is 0.401. The van der Waals surface area contributed by atoms with E-state index in [0.29, 0.717) is 18.0 Å². The van der Waals surface area contributed by atoms with Crippen LogP contribution in [-0.2, 0) is 4.74 Å². The van der Waals surface area contributed by atoms with Gasteiger partial charge in [0.1, 0.15) is 5.82 Å². The molecule has 5 rings (SSSR count). The number of nitrogens with zero attached hydrogens (tertiary/aromatic N) is 3. The first kappa shape index (κ1) is 13.5. The van der Waals surface area contributed by atoms with Crippen molar-refractivity contribution in [2.45, 2.75) is 50.1 Å². The van der Waals surface area contributed by atoms with Gasteiger partial charge in [0.2, 0.25) is 0 Å². The highest BCUT2D eigenvalue weighted by molar-refractivity contribution is 5.64. The van der Waals surface area contributed by atoms with Gasteiger partial charge in [-0.05, 0) is 44.2 Å². The highest BCUT2D eigenvalue weighted by atomic mass is 16.5. The molecule has 3 fully saturated rings. The van der Waals surface area contributed by atoms with Crippen LogP contribution in [0.4, 0.5) is 5.82 Å². The molecule has 2 aromatic rings. The highest BCUT2D eigenvalue weighted by Gasteiger charge is 2.32. The lowest BCUT2D eigenvalue weighted by Gasteiger charge is -2.27. The molecular formula is C18H22N4O. The predicted molar refractivity (Wildman–Crippen MR) is 88.6 cm³/mol. The van der Waals surface area contributed by atoms with Gasteiger partial charge in [-0.1, -0.05) is 6.07 Å². The Kier molecular flexibility index (Phi) is 3.14. The van der Waals surface area contributed by atoms with Gasteiger partial charge in [-0.25, -0.2) is 4.98 Å². The van der Waals surface area contributed by atoms with E-state index in [4.69, 9.17) is 14.8 Å². The summed E-state index contributed by atoms with van der Waals surface area (Å²) in [4.78, 5) is 4.83. The average molecular weight is 310 g/mol. The Morgan fingerprint density at radius 1 is 1.13 bits per heavy atom. The van der Waals surface area contributed by atoms with Crippen molar-refractivity contribution in [1.82, 2.24) is 14.8 Å². The number of rotatable bonds is 5. The zero-order valence-corrected chi connectivity index (χ0v) is 13.2. The quantitative estimate of drug-likeness (QED) is 0.920. The topological polar surface area (TPSA) is 52.0 Å². The van der Waals surface area contributed by atoms with Crippen LogP contribution < -0.4 is 5.32 Å². The molecule has 2 aromatic heterocycles. The fraction of sp³-hybridized carbons (Fsp3) is 0.556. The van der Waals surface area contributed by atoms with E-state index in [2.05, 4.69) is 28.3 Å². The van der Waals surface area contributed by atoms with E-state index in [1.807, 2.05) is 6.07 Å². The van der Waals surface area contributed by atoms with Gasteiger partial charge in [-0.15, -0.1) is 0 Å². The molecule has 0 unspecified atom stereocenters. The van der Waals surface area contributed by atoms with E-state index in [-0.39, 0.29) is 0 Å². The number of hydrogen-bond acceptors (Lipinski definition) is 4. The van der Waals surface area contributed by atoms with Crippen LogP contribution in [0.3, 0.4) is 0 Å². The largest absolute Gasteiger partial charge is 0.377 e. The van der Waals surface area contributed by atoms with Crippen molar-refractivity contribution >= 4 is 5.82 Å². The third-order valence-corrected chi connectivity index (χ3v) is 5.19. The number of pyridine rings is 1. The smallest absolute Gasteiger partial charge is 0.127 e. The maximum Gasteiger partial charge on any atom is 0.127 e. The molecule has 5 heteroatoms. The van der Waals surface area contributed by atoms with Gasteiger partial charge in [0, 0.05) is 17.7 Å². The lowest BCUT2D eigenvalue weighted by Crippen LogP contribution is -2.40. The van der Waals surface area contributed by atoms with Crippen LogP contribution in [0.1, 0.15) is 49.8 Å². The number of hydrogen-bond donors (Lipinski definition) is 1. The summed E-state index contributed by atoms with van der Waals surface area (Å²) in [5.41, 5.74) is 3.53. The minimum absolute atomic E-state index is 0.401. The van der Waals surface area contributed by atoms with Crippen LogP contribution in [0.2, 0.25) is 0 Å². The number of aromatic nitrogens is 3. The summed E-state index contributed by atoms with van der Waals surface area (Å²) in [6.07, 6.45) is 8.64. The predicted octanol–water partition coefficient (Wildman–Crippen LogP) is 3.36. The van der Waals surface area contributed by atoms with E-state index >= 15 is 0 Å². The molecule has 1 aliphatic heterocycles. The molecule has 3 aliphatic rings. The average Bonchev–Trinajstić information content (AvgIpc) is 3.22. The summed E-state index contributed by atoms with van der Waals surface area (Å²) in [6.45, 7) is 1.55. The molecule has 2 aliphatic carbocycles. The fourth-order valence-electron chi connectivity index (χ4n) is 3.29. The zero-order chi connectivity index (χ0) is 15.2. The first-order valence-corrected chi connectivity index (χ1v) is 8.77. The molecule has 23 heavy (non-hydrogen) atoms. The fourth-order valence-corrected chi connectivity index (χ4v) is 3.29. The Bertz CT molecular complexity index is 714. The monoisotopic (exact) mass is 310 g/mol. The maximum atomic E-state index is 5.23. The van der Waals surface area contributed by atoms with Gasteiger partial charge in [-0.2, -0.15) is 5.10 Å². The molecule has 0 bridgehead atoms. The molecule has 0 amide bonds. The molecular weight excluding hydrogens is 288 g/mol. The molecule has 1 saturated heterocycles. The Morgan fingerprint density at radius 3 is 2.65 bits per heavy atom. The molecule has 5 nitrogen and oxygen atoms in total. The Balaban J connectivity index is 1.47. The number of anilines is 1. The van der Waals surface area contributed by atoms with E-state index < -0.39 is 0 Å². The lowest BCUT2D eigenvalue weighted by molar-refractivity contribution is 0.0209. The Morgan fingerprint density at radius 2 is 2.00 bits per heavy atom. The SMILES string of the molecule is c1cc(NC2COC2)nc(-c2cn(C3CCC3)nc2C2CC2)c1. The van der Waals surface area contributed by atoms with Crippen LogP contribution in [0.15, 0.2) is 24.4 Å². The summed E-state index contributed by atoms with van der Waals surface area (Å²) >= 11 is 0. The zero-order valence-electron chi connectivity index (χ0n) is 13.2. The van der Waals surface area contributed by atoms with Gasteiger partial charge >= 0.3 is 0 Å². The molecule has 0 atom stereocenters.